The lowest BCUT2D eigenvalue weighted by atomic mass is 10.0. The summed E-state index contributed by atoms with van der Waals surface area (Å²) in [6.07, 6.45) is 28.0. The van der Waals surface area contributed by atoms with Crippen LogP contribution in [0.3, 0.4) is 0 Å². The van der Waals surface area contributed by atoms with E-state index in [-0.39, 0.29) is 0 Å². The molecule has 0 radical (unpaired) electrons. The van der Waals surface area contributed by atoms with E-state index in [1.54, 1.807) is 0 Å². The lowest BCUT2D eigenvalue weighted by Crippen LogP contribution is -2.38. The van der Waals surface area contributed by atoms with Gasteiger partial charge in [0.2, 0.25) is 0 Å². The summed E-state index contributed by atoms with van der Waals surface area (Å²) < 4.78 is 0. The SMILES string of the molecule is CCCCCCCCCCCCCCCCCC1N(CC)C=CN1Cc1ccccc1. The number of hydrogen-bond acceptors (Lipinski definition) is 2. The smallest absolute Gasteiger partial charge is 0.101 e. The zero-order valence-corrected chi connectivity index (χ0v) is 20.7. The molecule has 2 nitrogen and oxygen atoms in total. The van der Waals surface area contributed by atoms with E-state index < -0.39 is 0 Å². The van der Waals surface area contributed by atoms with Crippen molar-refractivity contribution in [3.8, 4) is 0 Å². The highest BCUT2D eigenvalue weighted by Crippen LogP contribution is 2.24. The van der Waals surface area contributed by atoms with E-state index in [9.17, 15) is 0 Å². The van der Waals surface area contributed by atoms with Crippen molar-refractivity contribution >= 4 is 0 Å². The molecule has 1 heterocycles. The summed E-state index contributed by atoms with van der Waals surface area (Å²) in [6.45, 7) is 6.70. The first-order chi connectivity index (χ1) is 15.3. The Hall–Kier alpha value is -1.44. The van der Waals surface area contributed by atoms with Gasteiger partial charge in [-0.3, -0.25) is 0 Å². The molecule has 1 aliphatic rings. The Kier molecular flexibility index (Phi) is 14.3. The third kappa shape index (κ3) is 11.1. The van der Waals surface area contributed by atoms with Crippen LogP contribution in [0, 0.1) is 0 Å². The van der Waals surface area contributed by atoms with Crippen molar-refractivity contribution in [2.45, 2.75) is 129 Å². The summed E-state index contributed by atoms with van der Waals surface area (Å²) in [4.78, 5) is 5.04. The molecule has 1 aromatic rings. The molecule has 2 heteroatoms. The van der Waals surface area contributed by atoms with E-state index in [2.05, 4.69) is 66.4 Å². The van der Waals surface area contributed by atoms with Crippen molar-refractivity contribution in [3.63, 3.8) is 0 Å². The van der Waals surface area contributed by atoms with Gasteiger partial charge in [0.1, 0.15) is 6.17 Å². The largest absolute Gasteiger partial charge is 0.356 e. The van der Waals surface area contributed by atoms with E-state index in [1.807, 2.05) is 0 Å². The van der Waals surface area contributed by atoms with Gasteiger partial charge in [-0.15, -0.1) is 0 Å². The van der Waals surface area contributed by atoms with Crippen LogP contribution in [0.4, 0.5) is 0 Å². The summed E-state index contributed by atoms with van der Waals surface area (Å²) in [5, 5.41) is 0. The number of nitrogens with zero attached hydrogens (tertiary/aromatic N) is 2. The Morgan fingerprint density at radius 2 is 1.06 bits per heavy atom. The number of rotatable bonds is 19. The first-order valence-corrected chi connectivity index (χ1v) is 13.6. The van der Waals surface area contributed by atoms with Crippen LogP contribution in [0.2, 0.25) is 0 Å². The fourth-order valence-electron chi connectivity index (χ4n) is 4.86. The van der Waals surface area contributed by atoms with Crippen molar-refractivity contribution in [2.75, 3.05) is 6.54 Å². The fourth-order valence-corrected chi connectivity index (χ4v) is 4.86. The molecule has 0 saturated heterocycles. The monoisotopic (exact) mass is 426 g/mol. The normalized spacial score (nSPS) is 15.9. The predicted molar refractivity (Wildman–Crippen MR) is 137 cm³/mol. The van der Waals surface area contributed by atoms with E-state index in [0.29, 0.717) is 6.17 Å². The number of hydrogen-bond donors (Lipinski definition) is 0. The molecule has 1 aromatic carbocycles. The van der Waals surface area contributed by atoms with Crippen molar-refractivity contribution in [1.82, 2.24) is 9.80 Å². The molecule has 0 aliphatic carbocycles. The van der Waals surface area contributed by atoms with Gasteiger partial charge in [-0.25, -0.2) is 0 Å². The summed E-state index contributed by atoms with van der Waals surface area (Å²) >= 11 is 0. The molecule has 1 unspecified atom stereocenters. The van der Waals surface area contributed by atoms with Gasteiger partial charge in [-0.2, -0.15) is 0 Å². The van der Waals surface area contributed by atoms with Crippen LogP contribution in [0.5, 0.6) is 0 Å². The average molecular weight is 427 g/mol. The lowest BCUT2D eigenvalue weighted by molar-refractivity contribution is 0.139. The molecule has 1 atom stereocenters. The van der Waals surface area contributed by atoms with Gasteiger partial charge in [0.25, 0.3) is 0 Å². The Morgan fingerprint density at radius 1 is 0.581 bits per heavy atom. The Labute approximate surface area is 194 Å². The average Bonchev–Trinajstić information content (AvgIpc) is 3.18. The summed E-state index contributed by atoms with van der Waals surface area (Å²) in [5.41, 5.74) is 1.41. The minimum Gasteiger partial charge on any atom is -0.356 e. The number of unbranched alkanes of at least 4 members (excludes halogenated alkanes) is 14. The first kappa shape index (κ1) is 25.8. The molecular formula is C29H50N2. The second-order valence-corrected chi connectivity index (χ2v) is 9.51. The maximum absolute atomic E-state index is 2.53. The standard InChI is InChI=1S/C29H50N2/c1-3-5-6-7-8-9-10-11-12-13-14-15-16-17-21-24-29-30(4-2)25-26-31(29)27-28-22-19-18-20-23-28/h18-20,22-23,25-26,29H,3-17,21,24,27H2,1-2H3. The lowest BCUT2D eigenvalue weighted by Gasteiger charge is -2.32. The molecule has 0 fully saturated rings. The molecule has 0 amide bonds. The first-order valence-electron chi connectivity index (χ1n) is 13.6. The zero-order valence-electron chi connectivity index (χ0n) is 20.7. The van der Waals surface area contributed by atoms with E-state index in [0.717, 1.165) is 13.1 Å². The highest BCUT2D eigenvalue weighted by molar-refractivity contribution is 5.15. The van der Waals surface area contributed by atoms with Crippen LogP contribution >= 0.6 is 0 Å². The highest BCUT2D eigenvalue weighted by atomic mass is 15.4. The Morgan fingerprint density at radius 3 is 1.58 bits per heavy atom. The summed E-state index contributed by atoms with van der Waals surface area (Å²) in [6, 6.07) is 10.9. The van der Waals surface area contributed by atoms with Gasteiger partial charge in [-0.1, -0.05) is 127 Å². The van der Waals surface area contributed by atoms with Gasteiger partial charge in [-0.05, 0) is 25.3 Å². The van der Waals surface area contributed by atoms with Crippen molar-refractivity contribution in [3.05, 3.63) is 48.3 Å². The maximum atomic E-state index is 2.53. The molecule has 0 saturated carbocycles. The van der Waals surface area contributed by atoms with Crippen LogP contribution in [0.15, 0.2) is 42.7 Å². The third-order valence-electron chi connectivity index (χ3n) is 6.85. The molecule has 0 aromatic heterocycles. The molecule has 31 heavy (non-hydrogen) atoms. The van der Waals surface area contributed by atoms with E-state index >= 15 is 0 Å². The molecule has 0 N–H and O–H groups in total. The second-order valence-electron chi connectivity index (χ2n) is 9.51. The molecule has 0 spiro atoms. The fraction of sp³-hybridized carbons (Fsp3) is 0.724. The van der Waals surface area contributed by atoms with Crippen LogP contribution in [-0.2, 0) is 6.54 Å². The highest BCUT2D eigenvalue weighted by Gasteiger charge is 2.24. The van der Waals surface area contributed by atoms with Crippen molar-refractivity contribution in [1.29, 1.82) is 0 Å². The second kappa shape index (κ2) is 17.2. The van der Waals surface area contributed by atoms with Gasteiger partial charge < -0.3 is 9.80 Å². The zero-order chi connectivity index (χ0) is 22.0. The third-order valence-corrected chi connectivity index (χ3v) is 6.85. The number of benzene rings is 1. The van der Waals surface area contributed by atoms with Crippen LogP contribution in [0.1, 0.15) is 122 Å². The van der Waals surface area contributed by atoms with Gasteiger partial charge >= 0.3 is 0 Å². The van der Waals surface area contributed by atoms with E-state index in [1.165, 1.54) is 108 Å². The van der Waals surface area contributed by atoms with Gasteiger partial charge in [0.15, 0.2) is 0 Å². The quantitative estimate of drug-likeness (QED) is 0.204. The minimum atomic E-state index is 0.548. The van der Waals surface area contributed by atoms with Gasteiger partial charge in [0.05, 0.1) is 0 Å². The minimum absolute atomic E-state index is 0.548. The topological polar surface area (TPSA) is 6.48 Å². The summed E-state index contributed by atoms with van der Waals surface area (Å²) in [7, 11) is 0. The van der Waals surface area contributed by atoms with Crippen molar-refractivity contribution < 1.29 is 0 Å². The van der Waals surface area contributed by atoms with Crippen LogP contribution in [0.25, 0.3) is 0 Å². The molecular weight excluding hydrogens is 376 g/mol. The molecule has 2 rings (SSSR count). The Bertz CT molecular complexity index is 553. The molecule has 176 valence electrons. The summed E-state index contributed by atoms with van der Waals surface area (Å²) in [5.74, 6) is 0. The van der Waals surface area contributed by atoms with E-state index in [4.69, 9.17) is 0 Å². The molecule has 0 bridgehead atoms. The van der Waals surface area contributed by atoms with Crippen molar-refractivity contribution in [2.24, 2.45) is 0 Å². The van der Waals surface area contributed by atoms with Crippen LogP contribution < -0.4 is 0 Å². The van der Waals surface area contributed by atoms with Crippen LogP contribution in [-0.4, -0.2) is 22.5 Å². The Balaban J connectivity index is 1.45. The predicted octanol–water partition coefficient (Wildman–Crippen LogP) is 8.88. The molecule has 1 aliphatic heterocycles. The van der Waals surface area contributed by atoms with Gasteiger partial charge in [0, 0.05) is 25.5 Å². The maximum Gasteiger partial charge on any atom is 0.101 e.